The number of hydrogen-bond acceptors (Lipinski definition) is 3. The van der Waals surface area contributed by atoms with Crippen molar-refractivity contribution < 1.29 is 4.52 Å². The van der Waals surface area contributed by atoms with Crippen molar-refractivity contribution in [3.8, 4) is 11.3 Å². The molecule has 0 fully saturated rings. The first-order valence-corrected chi connectivity index (χ1v) is 4.10. The number of benzene rings is 1. The Hall–Kier alpha value is -1.61. The molecule has 0 atom stereocenters. The average molecular weight is 174 g/mol. The highest BCUT2D eigenvalue weighted by Crippen LogP contribution is 2.19. The lowest BCUT2D eigenvalue weighted by molar-refractivity contribution is 0.432. The maximum absolute atomic E-state index is 5.53. The van der Waals surface area contributed by atoms with Gasteiger partial charge in [0.1, 0.15) is 0 Å². The molecular weight excluding hydrogens is 164 g/mol. The van der Waals surface area contributed by atoms with Gasteiger partial charge in [-0.15, -0.1) is 0 Å². The van der Waals surface area contributed by atoms with Crippen LogP contribution < -0.4 is 5.73 Å². The van der Waals surface area contributed by atoms with Gasteiger partial charge in [-0.1, -0.05) is 23.4 Å². The molecule has 1 heterocycles. The van der Waals surface area contributed by atoms with Gasteiger partial charge in [-0.3, -0.25) is 0 Å². The third-order valence-electron chi connectivity index (χ3n) is 1.89. The molecular formula is C10H10N2O. The quantitative estimate of drug-likeness (QED) is 0.755. The maximum atomic E-state index is 5.53. The van der Waals surface area contributed by atoms with Crippen LogP contribution in [0.1, 0.15) is 5.56 Å². The normalized spacial score (nSPS) is 10.2. The van der Waals surface area contributed by atoms with Crippen LogP contribution in [-0.4, -0.2) is 5.16 Å². The van der Waals surface area contributed by atoms with Crippen LogP contribution in [0.15, 0.2) is 41.1 Å². The smallest absolute Gasteiger partial charge is 0.166 e. The van der Waals surface area contributed by atoms with E-state index in [9.17, 15) is 0 Å². The monoisotopic (exact) mass is 174 g/mol. The van der Waals surface area contributed by atoms with Gasteiger partial charge in [-0.25, -0.2) is 0 Å². The average Bonchev–Trinajstić information content (AvgIpc) is 2.71. The van der Waals surface area contributed by atoms with Gasteiger partial charge >= 0.3 is 0 Å². The molecule has 0 saturated carbocycles. The van der Waals surface area contributed by atoms with E-state index in [4.69, 9.17) is 10.3 Å². The Morgan fingerprint density at radius 3 is 2.92 bits per heavy atom. The van der Waals surface area contributed by atoms with Crippen LogP contribution in [0.2, 0.25) is 0 Å². The third kappa shape index (κ3) is 1.60. The Balaban J connectivity index is 2.41. The van der Waals surface area contributed by atoms with Crippen molar-refractivity contribution in [2.45, 2.75) is 6.54 Å². The predicted octanol–water partition coefficient (Wildman–Crippen LogP) is 1.80. The summed E-state index contributed by atoms with van der Waals surface area (Å²) in [6.07, 6.45) is 1.63. The highest BCUT2D eigenvalue weighted by Gasteiger charge is 2.01. The fourth-order valence-corrected chi connectivity index (χ4v) is 1.22. The first kappa shape index (κ1) is 8.01. The van der Waals surface area contributed by atoms with Crippen molar-refractivity contribution in [1.82, 2.24) is 5.16 Å². The zero-order valence-electron chi connectivity index (χ0n) is 7.10. The predicted molar refractivity (Wildman–Crippen MR) is 49.8 cm³/mol. The minimum absolute atomic E-state index is 0.544. The van der Waals surface area contributed by atoms with Gasteiger partial charge in [0, 0.05) is 18.2 Å². The third-order valence-corrected chi connectivity index (χ3v) is 1.89. The Bertz CT molecular complexity index is 382. The summed E-state index contributed by atoms with van der Waals surface area (Å²) in [7, 11) is 0. The standard InChI is InChI=1S/C10H10N2O/c11-7-8-2-1-3-9(6-8)10-4-5-12-13-10/h1-6H,7,11H2. The van der Waals surface area contributed by atoms with Gasteiger partial charge < -0.3 is 10.3 Å². The highest BCUT2D eigenvalue weighted by molar-refractivity contribution is 5.57. The lowest BCUT2D eigenvalue weighted by Gasteiger charge is -1.98. The molecule has 3 heteroatoms. The molecule has 0 aliphatic carbocycles. The van der Waals surface area contributed by atoms with E-state index in [2.05, 4.69) is 5.16 Å². The molecule has 1 aromatic carbocycles. The Morgan fingerprint density at radius 2 is 2.23 bits per heavy atom. The van der Waals surface area contributed by atoms with Gasteiger partial charge in [0.15, 0.2) is 5.76 Å². The molecule has 0 radical (unpaired) electrons. The van der Waals surface area contributed by atoms with Gasteiger partial charge in [0.05, 0.1) is 6.20 Å². The van der Waals surface area contributed by atoms with Crippen LogP contribution in [0, 0.1) is 0 Å². The van der Waals surface area contributed by atoms with Crippen LogP contribution >= 0.6 is 0 Å². The second kappa shape index (κ2) is 3.41. The summed E-state index contributed by atoms with van der Waals surface area (Å²) in [6.45, 7) is 0.544. The number of nitrogens with two attached hydrogens (primary N) is 1. The van der Waals surface area contributed by atoms with Crippen LogP contribution in [-0.2, 0) is 6.54 Å². The molecule has 0 saturated heterocycles. The molecule has 0 bridgehead atoms. The summed E-state index contributed by atoms with van der Waals surface area (Å²) in [6, 6.07) is 9.75. The molecule has 2 aromatic rings. The second-order valence-electron chi connectivity index (χ2n) is 2.78. The van der Waals surface area contributed by atoms with E-state index in [0.29, 0.717) is 6.54 Å². The summed E-state index contributed by atoms with van der Waals surface area (Å²) in [5.41, 5.74) is 7.63. The molecule has 2 rings (SSSR count). The van der Waals surface area contributed by atoms with Crippen LogP contribution in [0.5, 0.6) is 0 Å². The summed E-state index contributed by atoms with van der Waals surface area (Å²) >= 11 is 0. The number of nitrogens with zero attached hydrogens (tertiary/aromatic N) is 1. The number of aromatic nitrogens is 1. The summed E-state index contributed by atoms with van der Waals surface area (Å²) in [5.74, 6) is 0.773. The largest absolute Gasteiger partial charge is 0.356 e. The Morgan fingerprint density at radius 1 is 1.31 bits per heavy atom. The summed E-state index contributed by atoms with van der Waals surface area (Å²) in [4.78, 5) is 0. The van der Waals surface area contributed by atoms with E-state index < -0.39 is 0 Å². The van der Waals surface area contributed by atoms with Crippen LogP contribution in [0.25, 0.3) is 11.3 Å². The minimum Gasteiger partial charge on any atom is -0.356 e. The molecule has 0 amide bonds. The maximum Gasteiger partial charge on any atom is 0.166 e. The lowest BCUT2D eigenvalue weighted by atomic mass is 10.1. The molecule has 3 nitrogen and oxygen atoms in total. The van der Waals surface area contributed by atoms with Crippen molar-refractivity contribution in [2.75, 3.05) is 0 Å². The number of rotatable bonds is 2. The van der Waals surface area contributed by atoms with Crippen molar-refractivity contribution in [2.24, 2.45) is 5.73 Å². The molecule has 13 heavy (non-hydrogen) atoms. The van der Waals surface area contributed by atoms with Crippen LogP contribution in [0.3, 0.4) is 0 Å². The first-order valence-electron chi connectivity index (χ1n) is 4.10. The topological polar surface area (TPSA) is 52.0 Å². The first-order chi connectivity index (χ1) is 6.40. The van der Waals surface area contributed by atoms with Crippen LogP contribution in [0.4, 0.5) is 0 Å². The van der Waals surface area contributed by atoms with Gasteiger partial charge in [0.25, 0.3) is 0 Å². The second-order valence-corrected chi connectivity index (χ2v) is 2.78. The molecule has 2 N–H and O–H groups in total. The van der Waals surface area contributed by atoms with E-state index in [1.54, 1.807) is 6.20 Å². The fourth-order valence-electron chi connectivity index (χ4n) is 1.22. The molecule has 0 aliphatic rings. The molecule has 0 aliphatic heterocycles. The summed E-state index contributed by atoms with van der Waals surface area (Å²) < 4.78 is 5.03. The van der Waals surface area contributed by atoms with E-state index in [1.807, 2.05) is 30.3 Å². The van der Waals surface area contributed by atoms with E-state index >= 15 is 0 Å². The van der Waals surface area contributed by atoms with Crippen molar-refractivity contribution >= 4 is 0 Å². The minimum atomic E-state index is 0.544. The highest BCUT2D eigenvalue weighted by atomic mass is 16.5. The Labute approximate surface area is 76.2 Å². The van der Waals surface area contributed by atoms with Gasteiger partial charge in [-0.2, -0.15) is 0 Å². The van der Waals surface area contributed by atoms with E-state index in [1.165, 1.54) is 0 Å². The van der Waals surface area contributed by atoms with Crippen molar-refractivity contribution in [1.29, 1.82) is 0 Å². The molecule has 66 valence electrons. The zero-order chi connectivity index (χ0) is 9.10. The van der Waals surface area contributed by atoms with E-state index in [-0.39, 0.29) is 0 Å². The molecule has 0 spiro atoms. The SMILES string of the molecule is NCc1cccc(-c2ccno2)c1. The van der Waals surface area contributed by atoms with E-state index in [0.717, 1.165) is 16.9 Å². The number of hydrogen-bond donors (Lipinski definition) is 1. The van der Waals surface area contributed by atoms with Crippen molar-refractivity contribution in [3.63, 3.8) is 0 Å². The zero-order valence-corrected chi connectivity index (χ0v) is 7.10. The van der Waals surface area contributed by atoms with Gasteiger partial charge in [-0.05, 0) is 11.6 Å². The summed E-state index contributed by atoms with van der Waals surface area (Å²) in [5, 5.41) is 3.65. The van der Waals surface area contributed by atoms with Gasteiger partial charge in [0.2, 0.25) is 0 Å². The fraction of sp³-hybridized carbons (Fsp3) is 0.100. The van der Waals surface area contributed by atoms with Crippen molar-refractivity contribution in [3.05, 3.63) is 42.1 Å². The Kier molecular flexibility index (Phi) is 2.10. The molecule has 0 unspecified atom stereocenters. The molecule has 1 aromatic heterocycles. The lowest BCUT2D eigenvalue weighted by Crippen LogP contribution is -1.95.